The van der Waals surface area contributed by atoms with E-state index in [0.717, 1.165) is 37.2 Å². The molecule has 2 aliphatic heterocycles. The van der Waals surface area contributed by atoms with Crippen molar-refractivity contribution in [2.24, 2.45) is 0 Å². The van der Waals surface area contributed by atoms with Crippen molar-refractivity contribution in [1.82, 2.24) is 15.1 Å². The van der Waals surface area contributed by atoms with Crippen LogP contribution in [0.4, 0.5) is 0 Å². The molecule has 2 heterocycles. The van der Waals surface area contributed by atoms with Gasteiger partial charge >= 0.3 is 0 Å². The SMILES string of the molecule is C[C@@H]1CN(C(=O)c2ccc(CN3CCCC3=O)cc2)C[C@H](C)N1. The molecular formula is C18H25N3O2. The fraction of sp³-hybridized carbons (Fsp3) is 0.556. The summed E-state index contributed by atoms with van der Waals surface area (Å²) in [5.41, 5.74) is 1.81. The highest BCUT2D eigenvalue weighted by atomic mass is 16.2. The van der Waals surface area contributed by atoms with E-state index < -0.39 is 0 Å². The third-order valence-electron chi connectivity index (χ3n) is 4.59. The van der Waals surface area contributed by atoms with Crippen LogP contribution in [0.25, 0.3) is 0 Å². The summed E-state index contributed by atoms with van der Waals surface area (Å²) < 4.78 is 0. The van der Waals surface area contributed by atoms with Crippen molar-refractivity contribution in [1.29, 1.82) is 0 Å². The second-order valence-corrected chi connectivity index (χ2v) is 6.79. The molecule has 2 fully saturated rings. The highest BCUT2D eigenvalue weighted by Gasteiger charge is 2.25. The minimum Gasteiger partial charge on any atom is -0.338 e. The van der Waals surface area contributed by atoms with Gasteiger partial charge in [0.2, 0.25) is 5.91 Å². The average molecular weight is 315 g/mol. The minimum atomic E-state index is 0.0917. The molecule has 1 N–H and O–H groups in total. The summed E-state index contributed by atoms with van der Waals surface area (Å²) in [6.07, 6.45) is 1.62. The maximum absolute atomic E-state index is 12.6. The molecule has 23 heavy (non-hydrogen) atoms. The number of carbonyl (C=O) groups is 2. The van der Waals surface area contributed by atoms with Crippen molar-refractivity contribution in [3.63, 3.8) is 0 Å². The van der Waals surface area contributed by atoms with Gasteiger partial charge in [-0.25, -0.2) is 0 Å². The van der Waals surface area contributed by atoms with Gasteiger partial charge in [-0.05, 0) is 38.0 Å². The van der Waals surface area contributed by atoms with Gasteiger partial charge in [0, 0.05) is 50.2 Å². The van der Waals surface area contributed by atoms with Gasteiger partial charge < -0.3 is 15.1 Å². The molecule has 0 saturated carbocycles. The van der Waals surface area contributed by atoms with Crippen LogP contribution >= 0.6 is 0 Å². The van der Waals surface area contributed by atoms with Gasteiger partial charge in [-0.1, -0.05) is 12.1 Å². The molecule has 0 radical (unpaired) electrons. The molecule has 3 rings (SSSR count). The first kappa shape index (κ1) is 16.0. The van der Waals surface area contributed by atoms with Crippen molar-refractivity contribution in [2.75, 3.05) is 19.6 Å². The minimum absolute atomic E-state index is 0.0917. The lowest BCUT2D eigenvalue weighted by Gasteiger charge is -2.36. The molecule has 1 aromatic rings. The Morgan fingerprint density at radius 3 is 2.39 bits per heavy atom. The van der Waals surface area contributed by atoms with E-state index >= 15 is 0 Å². The second kappa shape index (κ2) is 6.71. The number of carbonyl (C=O) groups excluding carboxylic acids is 2. The maximum atomic E-state index is 12.6. The van der Waals surface area contributed by atoms with Crippen molar-refractivity contribution in [3.8, 4) is 0 Å². The first-order chi connectivity index (χ1) is 11.0. The van der Waals surface area contributed by atoms with Gasteiger partial charge in [-0.15, -0.1) is 0 Å². The monoisotopic (exact) mass is 315 g/mol. The van der Waals surface area contributed by atoms with E-state index in [-0.39, 0.29) is 11.8 Å². The molecular weight excluding hydrogens is 290 g/mol. The Morgan fingerprint density at radius 1 is 1.17 bits per heavy atom. The summed E-state index contributed by atoms with van der Waals surface area (Å²) in [5, 5.41) is 3.44. The van der Waals surface area contributed by atoms with Crippen LogP contribution in [0.1, 0.15) is 42.6 Å². The fourth-order valence-corrected chi connectivity index (χ4v) is 3.52. The number of likely N-dealkylation sites (tertiary alicyclic amines) is 1. The molecule has 2 saturated heterocycles. The molecule has 2 atom stereocenters. The molecule has 0 spiro atoms. The van der Waals surface area contributed by atoms with Gasteiger partial charge in [0.1, 0.15) is 0 Å². The Morgan fingerprint density at radius 2 is 1.83 bits per heavy atom. The molecule has 0 bridgehead atoms. The van der Waals surface area contributed by atoms with Crippen LogP contribution in [0.3, 0.4) is 0 Å². The fourth-order valence-electron chi connectivity index (χ4n) is 3.52. The number of rotatable bonds is 3. The van der Waals surface area contributed by atoms with Gasteiger partial charge in [0.25, 0.3) is 5.91 Å². The van der Waals surface area contributed by atoms with E-state index in [4.69, 9.17) is 0 Å². The van der Waals surface area contributed by atoms with Crippen LogP contribution in [-0.4, -0.2) is 53.3 Å². The summed E-state index contributed by atoms with van der Waals surface area (Å²) in [4.78, 5) is 28.1. The first-order valence-corrected chi connectivity index (χ1v) is 8.45. The van der Waals surface area contributed by atoms with Crippen LogP contribution < -0.4 is 5.32 Å². The van der Waals surface area contributed by atoms with E-state index in [1.807, 2.05) is 34.1 Å². The Labute approximate surface area is 137 Å². The molecule has 2 amide bonds. The summed E-state index contributed by atoms with van der Waals surface area (Å²) in [7, 11) is 0. The maximum Gasteiger partial charge on any atom is 0.253 e. The van der Waals surface area contributed by atoms with Gasteiger partial charge in [0.05, 0.1) is 0 Å². The zero-order valence-electron chi connectivity index (χ0n) is 13.9. The first-order valence-electron chi connectivity index (χ1n) is 8.45. The molecule has 124 valence electrons. The Balaban J connectivity index is 1.64. The zero-order chi connectivity index (χ0) is 16.4. The quantitative estimate of drug-likeness (QED) is 0.922. The van der Waals surface area contributed by atoms with Crippen LogP contribution in [0.5, 0.6) is 0 Å². The van der Waals surface area contributed by atoms with E-state index in [0.29, 0.717) is 25.0 Å². The number of amides is 2. The Bertz CT molecular complexity index is 574. The lowest BCUT2D eigenvalue weighted by atomic mass is 10.1. The number of benzene rings is 1. The van der Waals surface area contributed by atoms with Crippen molar-refractivity contribution >= 4 is 11.8 Å². The van der Waals surface area contributed by atoms with Gasteiger partial charge in [0.15, 0.2) is 0 Å². The number of hydrogen-bond donors (Lipinski definition) is 1. The number of piperazine rings is 1. The lowest BCUT2D eigenvalue weighted by Crippen LogP contribution is -2.55. The molecule has 0 unspecified atom stereocenters. The van der Waals surface area contributed by atoms with E-state index in [2.05, 4.69) is 19.2 Å². The van der Waals surface area contributed by atoms with E-state index in [1.165, 1.54) is 0 Å². The van der Waals surface area contributed by atoms with Crippen LogP contribution in [0, 0.1) is 0 Å². The van der Waals surface area contributed by atoms with E-state index in [9.17, 15) is 9.59 Å². The summed E-state index contributed by atoms with van der Waals surface area (Å²) in [5.74, 6) is 0.322. The normalized spacial score (nSPS) is 25.0. The molecule has 5 heteroatoms. The summed E-state index contributed by atoms with van der Waals surface area (Å²) in [6.45, 7) is 7.18. The third kappa shape index (κ3) is 3.72. The molecule has 1 aromatic carbocycles. The van der Waals surface area contributed by atoms with Crippen LogP contribution in [0.2, 0.25) is 0 Å². The smallest absolute Gasteiger partial charge is 0.253 e. The predicted octanol–water partition coefficient (Wildman–Crippen LogP) is 1.63. The van der Waals surface area contributed by atoms with Crippen molar-refractivity contribution in [2.45, 2.75) is 45.3 Å². The zero-order valence-corrected chi connectivity index (χ0v) is 13.9. The van der Waals surface area contributed by atoms with Crippen LogP contribution in [0.15, 0.2) is 24.3 Å². The molecule has 0 aliphatic carbocycles. The topological polar surface area (TPSA) is 52.7 Å². The number of nitrogens with zero attached hydrogens (tertiary/aromatic N) is 2. The number of hydrogen-bond acceptors (Lipinski definition) is 3. The highest BCUT2D eigenvalue weighted by molar-refractivity contribution is 5.94. The Kier molecular flexibility index (Phi) is 4.66. The van der Waals surface area contributed by atoms with Gasteiger partial charge in [-0.3, -0.25) is 9.59 Å². The number of nitrogens with one attached hydrogen (secondary N) is 1. The second-order valence-electron chi connectivity index (χ2n) is 6.79. The average Bonchev–Trinajstić information content (AvgIpc) is 2.91. The summed E-state index contributed by atoms with van der Waals surface area (Å²) >= 11 is 0. The van der Waals surface area contributed by atoms with Gasteiger partial charge in [-0.2, -0.15) is 0 Å². The third-order valence-corrected chi connectivity index (χ3v) is 4.59. The highest BCUT2D eigenvalue weighted by Crippen LogP contribution is 2.16. The largest absolute Gasteiger partial charge is 0.338 e. The Hall–Kier alpha value is -1.88. The molecule has 5 nitrogen and oxygen atoms in total. The van der Waals surface area contributed by atoms with Crippen molar-refractivity contribution in [3.05, 3.63) is 35.4 Å². The molecule has 2 aliphatic rings. The molecule has 0 aromatic heterocycles. The summed E-state index contributed by atoms with van der Waals surface area (Å²) in [6, 6.07) is 8.35. The van der Waals surface area contributed by atoms with Crippen molar-refractivity contribution < 1.29 is 9.59 Å². The standard InChI is InChI=1S/C18H25N3O2/c1-13-10-21(11-14(2)19-13)18(23)16-7-5-15(6-8-16)12-20-9-3-4-17(20)22/h5-8,13-14,19H,3-4,9-12H2,1-2H3/t13-,14+. The van der Waals surface area contributed by atoms with Crippen LogP contribution in [-0.2, 0) is 11.3 Å². The van der Waals surface area contributed by atoms with E-state index in [1.54, 1.807) is 0 Å². The predicted molar refractivity (Wildman–Crippen MR) is 89.1 cm³/mol. The lowest BCUT2D eigenvalue weighted by molar-refractivity contribution is -0.128.